The molecular weight excluding hydrogens is 356 g/mol. The first-order chi connectivity index (χ1) is 13.5. The topological polar surface area (TPSA) is 97.1 Å². The monoisotopic (exact) mass is 378 g/mol. The van der Waals surface area contributed by atoms with E-state index in [1.165, 1.54) is 0 Å². The molecule has 2 N–H and O–H groups in total. The van der Waals surface area contributed by atoms with Gasteiger partial charge >= 0.3 is 0 Å². The van der Waals surface area contributed by atoms with E-state index in [-0.39, 0.29) is 11.8 Å². The molecule has 0 bridgehead atoms. The summed E-state index contributed by atoms with van der Waals surface area (Å²) in [6, 6.07) is 15.9. The molecule has 2 aromatic heterocycles. The molecule has 0 saturated heterocycles. The molecule has 0 aliphatic carbocycles. The molecule has 0 aliphatic rings. The minimum atomic E-state index is -0.737. The highest BCUT2D eigenvalue weighted by atomic mass is 16.5. The summed E-state index contributed by atoms with van der Waals surface area (Å²) in [5.41, 5.74) is 1.67. The zero-order chi connectivity index (χ0) is 19.9. The van der Waals surface area contributed by atoms with Crippen LogP contribution in [0.5, 0.6) is 0 Å². The number of anilines is 1. The Morgan fingerprint density at radius 1 is 1.07 bits per heavy atom. The third-order valence-corrected chi connectivity index (χ3v) is 4.29. The summed E-state index contributed by atoms with van der Waals surface area (Å²) < 4.78 is 4.93. The Bertz CT molecular complexity index is 925. The van der Waals surface area contributed by atoms with Crippen LogP contribution in [0, 0.1) is 6.92 Å². The summed E-state index contributed by atoms with van der Waals surface area (Å²) in [5, 5.41) is 9.14. The number of carbonyl (C=O) groups is 2. The number of pyridine rings is 1. The maximum atomic E-state index is 13.0. The van der Waals surface area contributed by atoms with Crippen LogP contribution < -0.4 is 10.6 Å². The van der Waals surface area contributed by atoms with Crippen LogP contribution in [0.1, 0.15) is 29.9 Å². The third-order valence-electron chi connectivity index (χ3n) is 4.29. The van der Waals surface area contributed by atoms with Gasteiger partial charge in [0.05, 0.1) is 5.92 Å². The zero-order valence-corrected chi connectivity index (χ0v) is 15.8. The quantitative estimate of drug-likeness (QED) is 0.659. The highest BCUT2D eigenvalue weighted by molar-refractivity contribution is 5.97. The van der Waals surface area contributed by atoms with Crippen molar-refractivity contribution in [2.24, 2.45) is 0 Å². The maximum Gasteiger partial charge on any atom is 0.247 e. The van der Waals surface area contributed by atoms with E-state index in [4.69, 9.17) is 4.52 Å². The number of benzene rings is 1. The van der Waals surface area contributed by atoms with E-state index in [2.05, 4.69) is 20.8 Å². The van der Waals surface area contributed by atoms with Gasteiger partial charge in [0.2, 0.25) is 11.8 Å². The molecule has 0 aliphatic heterocycles. The first kappa shape index (κ1) is 19.3. The molecule has 2 amide bonds. The van der Waals surface area contributed by atoms with Gasteiger partial charge in [-0.15, -0.1) is 0 Å². The predicted octanol–water partition coefficient (Wildman–Crippen LogP) is 2.85. The molecule has 0 spiro atoms. The fraction of sp³-hybridized carbons (Fsp3) is 0.238. The van der Waals surface area contributed by atoms with Crippen LogP contribution in [0.3, 0.4) is 0 Å². The van der Waals surface area contributed by atoms with Crippen molar-refractivity contribution in [3.05, 3.63) is 77.8 Å². The molecular formula is C21H22N4O3. The summed E-state index contributed by atoms with van der Waals surface area (Å²) in [4.78, 5) is 29.6. The van der Waals surface area contributed by atoms with E-state index >= 15 is 0 Å². The Morgan fingerprint density at radius 3 is 2.46 bits per heavy atom. The summed E-state index contributed by atoms with van der Waals surface area (Å²) >= 11 is 0. The standard InChI is InChI=1S/C21H22N4O3/c1-14-12-19(25-28-14)24-20(26)15(2)23-21(27)18(16-8-4-3-5-9-16)13-17-10-6-7-11-22-17/h3-12,15,18H,13H2,1-2H3,(H,23,27)(H,24,25,26). The molecule has 7 heteroatoms. The smallest absolute Gasteiger partial charge is 0.247 e. The van der Waals surface area contributed by atoms with E-state index in [0.29, 0.717) is 18.0 Å². The minimum absolute atomic E-state index is 0.240. The van der Waals surface area contributed by atoms with Crippen LogP contribution in [-0.4, -0.2) is 28.0 Å². The molecule has 0 saturated carbocycles. The number of aryl methyl sites for hydroxylation is 1. The second kappa shape index (κ2) is 8.94. The summed E-state index contributed by atoms with van der Waals surface area (Å²) in [7, 11) is 0. The second-order valence-corrected chi connectivity index (χ2v) is 6.53. The van der Waals surface area contributed by atoms with Crippen molar-refractivity contribution in [2.75, 3.05) is 5.32 Å². The first-order valence-electron chi connectivity index (χ1n) is 9.02. The van der Waals surface area contributed by atoms with Crippen molar-refractivity contribution < 1.29 is 14.1 Å². The minimum Gasteiger partial charge on any atom is -0.360 e. The van der Waals surface area contributed by atoms with Gasteiger partial charge in [0.15, 0.2) is 5.82 Å². The van der Waals surface area contributed by atoms with Crippen molar-refractivity contribution >= 4 is 17.6 Å². The number of carbonyl (C=O) groups excluding carboxylic acids is 2. The van der Waals surface area contributed by atoms with Crippen molar-refractivity contribution in [1.29, 1.82) is 0 Å². The second-order valence-electron chi connectivity index (χ2n) is 6.53. The van der Waals surface area contributed by atoms with E-state index < -0.39 is 12.0 Å². The lowest BCUT2D eigenvalue weighted by Crippen LogP contribution is -2.44. The number of nitrogens with one attached hydrogen (secondary N) is 2. The highest BCUT2D eigenvalue weighted by Crippen LogP contribution is 2.20. The molecule has 3 rings (SSSR count). The van der Waals surface area contributed by atoms with Crippen LogP contribution in [0.25, 0.3) is 0 Å². The summed E-state index contributed by atoms with van der Waals surface area (Å²) in [5.74, 6) is -0.161. The van der Waals surface area contributed by atoms with Crippen molar-refractivity contribution in [3.8, 4) is 0 Å². The predicted molar refractivity (Wildman–Crippen MR) is 105 cm³/mol. The van der Waals surface area contributed by atoms with Crippen LogP contribution in [0.2, 0.25) is 0 Å². The Kier molecular flexibility index (Phi) is 6.16. The summed E-state index contributed by atoms with van der Waals surface area (Å²) in [6.45, 7) is 3.36. The first-order valence-corrected chi connectivity index (χ1v) is 9.02. The van der Waals surface area contributed by atoms with Crippen LogP contribution >= 0.6 is 0 Å². The van der Waals surface area contributed by atoms with Crippen molar-refractivity contribution in [3.63, 3.8) is 0 Å². The molecule has 3 aromatic rings. The molecule has 144 valence electrons. The van der Waals surface area contributed by atoms with Gasteiger partial charge < -0.3 is 15.2 Å². The lowest BCUT2D eigenvalue weighted by molar-refractivity contribution is -0.127. The molecule has 0 fully saturated rings. The average Bonchev–Trinajstić information content (AvgIpc) is 3.12. The average molecular weight is 378 g/mol. The van der Waals surface area contributed by atoms with E-state index in [1.54, 1.807) is 26.1 Å². The van der Waals surface area contributed by atoms with E-state index in [9.17, 15) is 9.59 Å². The normalized spacial score (nSPS) is 12.8. The maximum absolute atomic E-state index is 13.0. The lowest BCUT2D eigenvalue weighted by Gasteiger charge is -2.20. The van der Waals surface area contributed by atoms with Gasteiger partial charge in [0, 0.05) is 24.4 Å². The van der Waals surface area contributed by atoms with Gasteiger partial charge in [-0.05, 0) is 31.5 Å². The molecule has 0 radical (unpaired) electrons. The van der Waals surface area contributed by atoms with E-state index in [0.717, 1.165) is 11.3 Å². The number of hydrogen-bond acceptors (Lipinski definition) is 5. The van der Waals surface area contributed by atoms with Gasteiger partial charge in [-0.25, -0.2) is 0 Å². The number of aromatic nitrogens is 2. The van der Waals surface area contributed by atoms with Gasteiger partial charge in [-0.2, -0.15) is 0 Å². The molecule has 2 atom stereocenters. The number of amides is 2. The largest absolute Gasteiger partial charge is 0.360 e. The molecule has 7 nitrogen and oxygen atoms in total. The van der Waals surface area contributed by atoms with Crippen LogP contribution in [-0.2, 0) is 16.0 Å². The Hall–Kier alpha value is -3.48. The number of hydrogen-bond donors (Lipinski definition) is 2. The fourth-order valence-electron chi connectivity index (χ4n) is 2.81. The van der Waals surface area contributed by atoms with Crippen molar-refractivity contribution in [2.45, 2.75) is 32.2 Å². The van der Waals surface area contributed by atoms with Gasteiger partial charge in [-0.1, -0.05) is 41.6 Å². The fourth-order valence-corrected chi connectivity index (χ4v) is 2.81. The third kappa shape index (κ3) is 5.03. The SMILES string of the molecule is Cc1cc(NC(=O)C(C)NC(=O)C(Cc2ccccn2)c2ccccc2)no1. The molecule has 2 unspecified atom stereocenters. The Labute approximate surface area is 163 Å². The zero-order valence-electron chi connectivity index (χ0n) is 15.8. The number of rotatable bonds is 7. The molecule has 28 heavy (non-hydrogen) atoms. The summed E-state index contributed by atoms with van der Waals surface area (Å²) in [6.07, 6.45) is 2.14. The lowest BCUT2D eigenvalue weighted by atomic mass is 9.93. The van der Waals surface area contributed by atoms with Gasteiger partial charge in [-0.3, -0.25) is 14.6 Å². The van der Waals surface area contributed by atoms with Crippen LogP contribution in [0.15, 0.2) is 65.3 Å². The van der Waals surface area contributed by atoms with Gasteiger partial charge in [0.25, 0.3) is 0 Å². The molecule has 1 aromatic carbocycles. The number of nitrogens with zero attached hydrogens (tertiary/aromatic N) is 2. The molecule has 2 heterocycles. The van der Waals surface area contributed by atoms with Crippen molar-refractivity contribution in [1.82, 2.24) is 15.5 Å². The Morgan fingerprint density at radius 2 is 1.82 bits per heavy atom. The van der Waals surface area contributed by atoms with Crippen LogP contribution in [0.4, 0.5) is 5.82 Å². The van der Waals surface area contributed by atoms with E-state index in [1.807, 2.05) is 48.5 Å². The van der Waals surface area contributed by atoms with Gasteiger partial charge in [0.1, 0.15) is 11.8 Å². The highest BCUT2D eigenvalue weighted by Gasteiger charge is 2.25. The Balaban J connectivity index is 1.70.